The summed E-state index contributed by atoms with van der Waals surface area (Å²) in [5.74, 6) is 1.56. The Morgan fingerprint density at radius 3 is 2.43 bits per heavy atom. The van der Waals surface area contributed by atoms with Crippen LogP contribution in [0.2, 0.25) is 0 Å². The van der Waals surface area contributed by atoms with Crippen molar-refractivity contribution in [1.82, 2.24) is 10.6 Å². The number of rotatable bonds is 8. The Bertz CT molecular complexity index is 896. The van der Waals surface area contributed by atoms with Crippen molar-refractivity contribution in [2.75, 3.05) is 20.1 Å². The molecule has 152 valence electrons. The minimum atomic E-state index is -3.66. The van der Waals surface area contributed by atoms with Crippen LogP contribution in [-0.4, -0.2) is 40.6 Å². The Labute approximate surface area is 167 Å². The van der Waals surface area contributed by atoms with Gasteiger partial charge in [-0.3, -0.25) is 4.99 Å². The minimum Gasteiger partial charge on any atom is -0.489 e. The molecule has 0 aromatic heterocycles. The van der Waals surface area contributed by atoms with Crippen LogP contribution in [0.3, 0.4) is 0 Å². The predicted octanol–water partition coefficient (Wildman–Crippen LogP) is 1.82. The van der Waals surface area contributed by atoms with Crippen molar-refractivity contribution in [2.45, 2.75) is 31.3 Å². The van der Waals surface area contributed by atoms with Crippen LogP contribution in [0.4, 0.5) is 0 Å². The van der Waals surface area contributed by atoms with E-state index in [1.807, 2.05) is 38.1 Å². The predicted molar refractivity (Wildman–Crippen MR) is 112 cm³/mol. The van der Waals surface area contributed by atoms with E-state index >= 15 is 0 Å². The van der Waals surface area contributed by atoms with Crippen LogP contribution < -0.4 is 20.5 Å². The molecule has 28 heavy (non-hydrogen) atoms. The fraction of sp³-hybridized carbons (Fsp3) is 0.350. The average molecular weight is 405 g/mol. The Kier molecular flexibility index (Phi) is 7.83. The average Bonchev–Trinajstić information content (AvgIpc) is 2.66. The third-order valence-electron chi connectivity index (χ3n) is 4.16. The largest absolute Gasteiger partial charge is 0.489 e. The van der Waals surface area contributed by atoms with Crippen molar-refractivity contribution in [1.29, 1.82) is 0 Å². The lowest BCUT2D eigenvalue weighted by Gasteiger charge is -2.18. The molecule has 8 heteroatoms. The number of aryl methyl sites for hydroxylation is 1. The van der Waals surface area contributed by atoms with Crippen molar-refractivity contribution in [3.8, 4) is 5.75 Å². The Morgan fingerprint density at radius 2 is 1.82 bits per heavy atom. The van der Waals surface area contributed by atoms with Gasteiger partial charge in [-0.25, -0.2) is 13.6 Å². The van der Waals surface area contributed by atoms with E-state index in [1.54, 1.807) is 19.2 Å². The molecule has 2 aromatic rings. The van der Waals surface area contributed by atoms with Gasteiger partial charge in [0.15, 0.2) is 5.96 Å². The lowest BCUT2D eigenvalue weighted by Crippen LogP contribution is -2.42. The summed E-state index contributed by atoms with van der Waals surface area (Å²) in [5.41, 5.74) is 2.11. The number of sulfonamides is 1. The minimum absolute atomic E-state index is 0.0228. The zero-order chi connectivity index (χ0) is 20.6. The molecule has 0 aliphatic carbocycles. The maximum atomic E-state index is 11.3. The number of guanidine groups is 1. The lowest BCUT2D eigenvalue weighted by atomic mass is 10.1. The number of aliphatic imine (C=N–C) groups is 1. The van der Waals surface area contributed by atoms with Gasteiger partial charge in [0.25, 0.3) is 0 Å². The summed E-state index contributed by atoms with van der Waals surface area (Å²) in [6.07, 6.45) is 0.700. The van der Waals surface area contributed by atoms with E-state index in [9.17, 15) is 8.42 Å². The second-order valence-corrected chi connectivity index (χ2v) is 8.07. The summed E-state index contributed by atoms with van der Waals surface area (Å²) in [4.78, 5) is 4.32. The van der Waals surface area contributed by atoms with Gasteiger partial charge in [0, 0.05) is 13.6 Å². The number of nitrogens with zero attached hydrogens (tertiary/aromatic N) is 1. The Balaban J connectivity index is 1.76. The molecule has 0 saturated heterocycles. The Hall–Kier alpha value is -2.58. The summed E-state index contributed by atoms with van der Waals surface area (Å²) in [6.45, 7) is 5.28. The van der Waals surface area contributed by atoms with E-state index in [4.69, 9.17) is 9.88 Å². The number of hydrogen-bond acceptors (Lipinski definition) is 4. The number of nitrogens with two attached hydrogens (primary N) is 1. The Morgan fingerprint density at radius 1 is 1.14 bits per heavy atom. The number of hydrogen-bond donors (Lipinski definition) is 3. The second kappa shape index (κ2) is 10.1. The van der Waals surface area contributed by atoms with Crippen molar-refractivity contribution >= 4 is 16.0 Å². The van der Waals surface area contributed by atoms with E-state index in [-0.39, 0.29) is 11.0 Å². The molecule has 0 aliphatic rings. The molecule has 1 unspecified atom stereocenters. The third kappa shape index (κ3) is 6.86. The van der Waals surface area contributed by atoms with E-state index in [1.165, 1.54) is 12.1 Å². The van der Waals surface area contributed by atoms with Crippen molar-refractivity contribution in [3.63, 3.8) is 0 Å². The summed E-state index contributed by atoms with van der Waals surface area (Å²) >= 11 is 0. The molecule has 0 amide bonds. The standard InChI is InChI=1S/C20H28N4O3S/c1-15-6-4-5-7-19(15)27-16(2)14-24-20(22-3)23-13-12-17-8-10-18(11-9-17)28(21,25)26/h4-11,16H,12-14H2,1-3H3,(H2,21,25,26)(H2,22,23,24). The fourth-order valence-corrected chi connectivity index (χ4v) is 3.09. The topological polar surface area (TPSA) is 106 Å². The highest BCUT2D eigenvalue weighted by molar-refractivity contribution is 7.89. The first-order valence-electron chi connectivity index (χ1n) is 9.08. The SMILES string of the molecule is CN=C(NCCc1ccc(S(N)(=O)=O)cc1)NCC(C)Oc1ccccc1C. The van der Waals surface area contributed by atoms with Gasteiger partial charge >= 0.3 is 0 Å². The van der Waals surface area contributed by atoms with Gasteiger partial charge in [0.05, 0.1) is 11.4 Å². The molecule has 7 nitrogen and oxygen atoms in total. The highest BCUT2D eigenvalue weighted by Gasteiger charge is 2.08. The van der Waals surface area contributed by atoms with Gasteiger partial charge < -0.3 is 15.4 Å². The highest BCUT2D eigenvalue weighted by atomic mass is 32.2. The molecular weight excluding hydrogens is 376 g/mol. The van der Waals surface area contributed by atoms with Crippen molar-refractivity contribution in [3.05, 3.63) is 59.7 Å². The fourth-order valence-electron chi connectivity index (χ4n) is 2.58. The maximum absolute atomic E-state index is 11.3. The molecule has 4 N–H and O–H groups in total. The first-order valence-corrected chi connectivity index (χ1v) is 10.6. The van der Waals surface area contributed by atoms with Crippen LogP contribution in [0.15, 0.2) is 58.4 Å². The summed E-state index contributed by atoms with van der Waals surface area (Å²) in [7, 11) is -1.94. The third-order valence-corrected chi connectivity index (χ3v) is 5.09. The molecule has 1 atom stereocenters. The zero-order valence-corrected chi connectivity index (χ0v) is 17.3. The number of primary sulfonamides is 1. The number of ether oxygens (including phenoxy) is 1. The summed E-state index contributed by atoms with van der Waals surface area (Å²) in [5, 5.41) is 11.6. The van der Waals surface area contributed by atoms with Gasteiger partial charge in [-0.1, -0.05) is 30.3 Å². The molecule has 0 spiro atoms. The van der Waals surface area contributed by atoms with E-state index in [2.05, 4.69) is 15.6 Å². The molecule has 2 rings (SSSR count). The van der Waals surface area contributed by atoms with Crippen LogP contribution in [0.1, 0.15) is 18.1 Å². The summed E-state index contributed by atoms with van der Waals surface area (Å²) in [6, 6.07) is 14.5. The molecule has 0 heterocycles. The van der Waals surface area contributed by atoms with Gasteiger partial charge in [-0.05, 0) is 49.6 Å². The summed E-state index contributed by atoms with van der Waals surface area (Å²) < 4.78 is 28.5. The molecule has 0 saturated carbocycles. The monoisotopic (exact) mass is 404 g/mol. The molecule has 2 aromatic carbocycles. The van der Waals surface area contributed by atoms with Gasteiger partial charge in [-0.15, -0.1) is 0 Å². The van der Waals surface area contributed by atoms with Crippen LogP contribution >= 0.6 is 0 Å². The van der Waals surface area contributed by atoms with E-state index in [0.717, 1.165) is 23.3 Å². The van der Waals surface area contributed by atoms with Crippen LogP contribution in [-0.2, 0) is 16.4 Å². The van der Waals surface area contributed by atoms with Crippen LogP contribution in [0.5, 0.6) is 5.75 Å². The maximum Gasteiger partial charge on any atom is 0.238 e. The van der Waals surface area contributed by atoms with Gasteiger partial charge in [-0.2, -0.15) is 0 Å². The zero-order valence-electron chi connectivity index (χ0n) is 16.5. The number of benzene rings is 2. The normalized spacial score (nSPS) is 13.1. The smallest absolute Gasteiger partial charge is 0.238 e. The number of nitrogens with one attached hydrogen (secondary N) is 2. The molecule has 0 radical (unpaired) electrons. The van der Waals surface area contributed by atoms with Crippen LogP contribution in [0.25, 0.3) is 0 Å². The van der Waals surface area contributed by atoms with Crippen molar-refractivity contribution in [2.24, 2.45) is 10.1 Å². The number of para-hydroxylation sites is 1. The molecule has 0 aliphatic heterocycles. The molecular formula is C20H28N4O3S. The van der Waals surface area contributed by atoms with Gasteiger partial charge in [0.1, 0.15) is 11.9 Å². The quantitative estimate of drug-likeness (QED) is 0.460. The highest BCUT2D eigenvalue weighted by Crippen LogP contribution is 2.17. The van der Waals surface area contributed by atoms with Gasteiger partial charge in [0.2, 0.25) is 10.0 Å². The van der Waals surface area contributed by atoms with Crippen molar-refractivity contribution < 1.29 is 13.2 Å². The first kappa shape index (κ1) is 21.7. The van der Waals surface area contributed by atoms with E-state index < -0.39 is 10.0 Å². The first-order chi connectivity index (χ1) is 13.3. The second-order valence-electron chi connectivity index (χ2n) is 6.51. The lowest BCUT2D eigenvalue weighted by molar-refractivity contribution is 0.222. The molecule has 0 bridgehead atoms. The molecule has 0 fully saturated rings. The van der Waals surface area contributed by atoms with Crippen LogP contribution in [0, 0.1) is 6.92 Å². The van der Waals surface area contributed by atoms with E-state index in [0.29, 0.717) is 19.0 Å².